The number of benzene rings is 3. The number of carbonyl (C=O) groups excluding carboxylic acids is 2. The Hall–Kier alpha value is -4.04. The lowest BCUT2D eigenvalue weighted by Gasteiger charge is -2.19. The first-order valence-corrected chi connectivity index (χ1v) is 12.3. The quantitative estimate of drug-likeness (QED) is 0.436. The van der Waals surface area contributed by atoms with Crippen LogP contribution >= 0.6 is 11.8 Å². The third kappa shape index (κ3) is 5.95. The van der Waals surface area contributed by atoms with Crippen molar-refractivity contribution in [2.45, 2.75) is 13.8 Å². The van der Waals surface area contributed by atoms with Crippen molar-refractivity contribution in [3.05, 3.63) is 89.1 Å². The monoisotopic (exact) mass is 501 g/mol. The van der Waals surface area contributed by atoms with E-state index in [1.54, 1.807) is 43.4 Å². The van der Waals surface area contributed by atoms with E-state index < -0.39 is 0 Å². The summed E-state index contributed by atoms with van der Waals surface area (Å²) in [6.45, 7) is 3.97. The average Bonchev–Trinajstić information content (AvgIpc) is 3.17. The number of amides is 2. The number of anilines is 2. The summed E-state index contributed by atoms with van der Waals surface area (Å²) < 4.78 is 10.4. The molecular weight excluding hydrogens is 474 g/mol. The molecule has 0 atom stereocenters. The fraction of sp³-hybridized carbons (Fsp3) is 0.179. The number of rotatable bonds is 7. The van der Waals surface area contributed by atoms with E-state index in [2.05, 4.69) is 10.3 Å². The van der Waals surface area contributed by atoms with E-state index >= 15 is 0 Å². The highest BCUT2D eigenvalue weighted by Crippen LogP contribution is 2.31. The van der Waals surface area contributed by atoms with Gasteiger partial charge in [0.15, 0.2) is 5.17 Å². The van der Waals surface area contributed by atoms with Gasteiger partial charge in [-0.15, -0.1) is 0 Å². The number of nitrogens with zero attached hydrogens (tertiary/aromatic N) is 2. The first kappa shape index (κ1) is 25.1. The molecule has 3 aromatic carbocycles. The van der Waals surface area contributed by atoms with Crippen molar-refractivity contribution in [2.75, 3.05) is 30.2 Å². The van der Waals surface area contributed by atoms with E-state index in [4.69, 9.17) is 9.47 Å². The molecular formula is C28H27N3O4S. The second-order valence-electron chi connectivity index (χ2n) is 8.25. The van der Waals surface area contributed by atoms with Crippen LogP contribution in [0.4, 0.5) is 11.4 Å². The number of thioether (sulfide) groups is 1. The van der Waals surface area contributed by atoms with Gasteiger partial charge in [-0.25, -0.2) is 4.99 Å². The van der Waals surface area contributed by atoms with Crippen molar-refractivity contribution in [3.8, 4) is 11.5 Å². The maximum atomic E-state index is 13.5. The molecule has 2 amide bonds. The molecule has 0 saturated heterocycles. The third-order valence-electron chi connectivity index (χ3n) is 5.40. The molecule has 0 aromatic heterocycles. The van der Waals surface area contributed by atoms with Gasteiger partial charge in [0.1, 0.15) is 17.2 Å². The van der Waals surface area contributed by atoms with Crippen LogP contribution in [-0.2, 0) is 9.59 Å². The van der Waals surface area contributed by atoms with Crippen molar-refractivity contribution in [2.24, 2.45) is 4.99 Å². The van der Waals surface area contributed by atoms with Crippen LogP contribution in [0.1, 0.15) is 16.7 Å². The highest BCUT2D eigenvalue weighted by atomic mass is 32.2. The van der Waals surface area contributed by atoms with Gasteiger partial charge in [0.05, 0.1) is 25.7 Å². The second kappa shape index (κ2) is 11.1. The van der Waals surface area contributed by atoms with E-state index in [9.17, 15) is 9.59 Å². The van der Waals surface area contributed by atoms with Gasteiger partial charge in [0, 0.05) is 11.8 Å². The largest absolute Gasteiger partial charge is 0.497 e. The zero-order chi connectivity index (χ0) is 25.7. The van der Waals surface area contributed by atoms with Crippen molar-refractivity contribution in [1.29, 1.82) is 0 Å². The Morgan fingerprint density at radius 3 is 2.33 bits per heavy atom. The van der Waals surface area contributed by atoms with E-state index in [0.717, 1.165) is 28.1 Å². The van der Waals surface area contributed by atoms with Crippen LogP contribution in [-0.4, -0.2) is 37.0 Å². The first-order valence-electron chi connectivity index (χ1n) is 11.3. The first-order chi connectivity index (χ1) is 17.4. The summed E-state index contributed by atoms with van der Waals surface area (Å²) in [6.07, 6.45) is 1.74. The van der Waals surface area contributed by atoms with Crippen molar-refractivity contribution >= 4 is 46.2 Å². The maximum absolute atomic E-state index is 13.5. The van der Waals surface area contributed by atoms with E-state index in [1.807, 2.05) is 62.4 Å². The van der Waals surface area contributed by atoms with E-state index in [0.29, 0.717) is 22.3 Å². The zero-order valence-electron chi connectivity index (χ0n) is 20.6. The van der Waals surface area contributed by atoms with Crippen LogP contribution in [0.15, 0.2) is 77.4 Å². The molecule has 1 N–H and O–H groups in total. The molecule has 3 aromatic rings. The Labute approximate surface area is 214 Å². The Morgan fingerprint density at radius 1 is 0.972 bits per heavy atom. The Bertz CT molecular complexity index is 1330. The van der Waals surface area contributed by atoms with Gasteiger partial charge in [0.25, 0.3) is 5.91 Å². The Balaban J connectivity index is 1.58. The number of ether oxygens (including phenoxy) is 2. The number of amidine groups is 1. The van der Waals surface area contributed by atoms with Gasteiger partial charge in [-0.1, -0.05) is 36.0 Å². The number of aryl methyl sites for hydroxylation is 2. The normalized spacial score (nSPS) is 14.1. The number of aliphatic imine (C=N–C) groups is 1. The number of nitrogens with one attached hydrogen (secondary N) is 1. The minimum absolute atomic E-state index is 0.0838. The van der Waals surface area contributed by atoms with E-state index in [-0.39, 0.29) is 17.6 Å². The predicted octanol–water partition coefficient (Wildman–Crippen LogP) is 5.44. The number of hydrogen-bond donors (Lipinski definition) is 1. The van der Waals surface area contributed by atoms with Crippen molar-refractivity contribution in [3.63, 3.8) is 0 Å². The van der Waals surface area contributed by atoms with Gasteiger partial charge in [-0.3, -0.25) is 14.5 Å². The Kier molecular flexibility index (Phi) is 7.75. The number of methoxy groups -OCH3 is 2. The SMILES string of the molecule is COc1ccc(/C=C2\N=C(SCC(=O)Nc3cccc(OC)c3)N(c3cc(C)cc(C)c3)C2=O)cc1. The summed E-state index contributed by atoms with van der Waals surface area (Å²) in [7, 11) is 3.18. The molecule has 0 unspecified atom stereocenters. The molecule has 7 nitrogen and oxygen atoms in total. The summed E-state index contributed by atoms with van der Waals surface area (Å²) >= 11 is 1.21. The molecule has 0 bridgehead atoms. The molecule has 184 valence electrons. The minimum atomic E-state index is -0.244. The van der Waals surface area contributed by atoms with Crippen molar-refractivity contribution < 1.29 is 19.1 Å². The molecule has 1 heterocycles. The van der Waals surface area contributed by atoms with Crippen LogP contribution in [0, 0.1) is 13.8 Å². The fourth-order valence-electron chi connectivity index (χ4n) is 3.79. The number of hydrogen-bond acceptors (Lipinski definition) is 6. The lowest BCUT2D eigenvalue weighted by Crippen LogP contribution is -2.31. The molecule has 1 aliphatic heterocycles. The number of carbonyl (C=O) groups is 2. The third-order valence-corrected chi connectivity index (χ3v) is 6.34. The summed E-state index contributed by atoms with van der Waals surface area (Å²) in [5.41, 5.74) is 4.54. The topological polar surface area (TPSA) is 80.2 Å². The van der Waals surface area contributed by atoms with Gasteiger partial charge in [0.2, 0.25) is 5.91 Å². The lowest BCUT2D eigenvalue weighted by atomic mass is 10.1. The summed E-state index contributed by atoms with van der Waals surface area (Å²) in [4.78, 5) is 32.3. The van der Waals surface area contributed by atoms with Crippen LogP contribution in [0.5, 0.6) is 11.5 Å². The standard InChI is InChI=1S/C28H27N3O4S/c1-18-12-19(2)14-22(13-18)31-27(33)25(15-20-8-10-23(34-3)11-9-20)30-28(31)36-17-26(32)29-21-6-5-7-24(16-21)35-4/h5-16H,17H2,1-4H3,(H,29,32)/b25-15-. The predicted molar refractivity (Wildman–Crippen MR) is 146 cm³/mol. The molecule has 4 rings (SSSR count). The molecule has 0 spiro atoms. The zero-order valence-corrected chi connectivity index (χ0v) is 21.4. The van der Waals surface area contributed by atoms with Crippen molar-refractivity contribution in [1.82, 2.24) is 0 Å². The second-order valence-corrected chi connectivity index (χ2v) is 9.19. The van der Waals surface area contributed by atoms with Gasteiger partial charge < -0.3 is 14.8 Å². The fourth-order valence-corrected chi connectivity index (χ4v) is 4.60. The maximum Gasteiger partial charge on any atom is 0.283 e. The summed E-state index contributed by atoms with van der Waals surface area (Å²) in [5.74, 6) is 1.01. The minimum Gasteiger partial charge on any atom is -0.497 e. The highest BCUT2D eigenvalue weighted by molar-refractivity contribution is 8.14. The van der Waals surface area contributed by atoms with Crippen LogP contribution < -0.4 is 19.7 Å². The molecule has 8 heteroatoms. The summed E-state index contributed by atoms with van der Waals surface area (Å²) in [6, 6.07) is 20.5. The Morgan fingerprint density at radius 2 is 1.67 bits per heavy atom. The molecule has 0 aliphatic carbocycles. The van der Waals surface area contributed by atoms with Crippen LogP contribution in [0.2, 0.25) is 0 Å². The van der Waals surface area contributed by atoms with Gasteiger partial charge in [-0.2, -0.15) is 0 Å². The molecule has 0 fully saturated rings. The molecule has 0 saturated carbocycles. The smallest absolute Gasteiger partial charge is 0.283 e. The van der Waals surface area contributed by atoms with E-state index in [1.165, 1.54) is 11.8 Å². The van der Waals surface area contributed by atoms with Crippen LogP contribution in [0.3, 0.4) is 0 Å². The average molecular weight is 502 g/mol. The molecule has 0 radical (unpaired) electrons. The van der Waals surface area contributed by atoms with Crippen LogP contribution in [0.25, 0.3) is 6.08 Å². The molecule has 36 heavy (non-hydrogen) atoms. The van der Waals surface area contributed by atoms with Gasteiger partial charge >= 0.3 is 0 Å². The molecule has 1 aliphatic rings. The van der Waals surface area contributed by atoms with Gasteiger partial charge in [-0.05, 0) is 73.0 Å². The highest BCUT2D eigenvalue weighted by Gasteiger charge is 2.32. The summed E-state index contributed by atoms with van der Waals surface area (Å²) in [5, 5.41) is 3.31. The lowest BCUT2D eigenvalue weighted by molar-refractivity contribution is -0.114.